The molecule has 11 heteroatoms. The van der Waals surface area contributed by atoms with Crippen LogP contribution >= 0.6 is 11.8 Å². The van der Waals surface area contributed by atoms with Gasteiger partial charge in [0.1, 0.15) is 11.6 Å². The number of hydrogen-bond acceptors (Lipinski definition) is 6. The molecular formula is C22H14F2N2O5S2. The minimum Gasteiger partial charge on any atom is -0.320 e. The van der Waals surface area contributed by atoms with Gasteiger partial charge in [-0.1, -0.05) is 17.8 Å². The third kappa shape index (κ3) is 4.78. The predicted octanol–water partition coefficient (Wildman–Crippen LogP) is 4.93. The van der Waals surface area contributed by atoms with Gasteiger partial charge in [0, 0.05) is 22.6 Å². The van der Waals surface area contributed by atoms with Crippen LogP contribution in [0, 0.1) is 21.7 Å². The number of non-ortho nitro benzene ring substituents is 1. The summed E-state index contributed by atoms with van der Waals surface area (Å²) in [6.07, 6.45) is 1.52. The molecule has 3 aromatic carbocycles. The minimum atomic E-state index is -4.08. The normalized spacial score (nSPS) is 14.6. The fraction of sp³-hybridized carbons (Fsp3) is 0.0455. The summed E-state index contributed by atoms with van der Waals surface area (Å²) in [5.41, 5.74) is 0.293. The Morgan fingerprint density at radius 2 is 1.70 bits per heavy atom. The van der Waals surface area contributed by atoms with Gasteiger partial charge in [-0.2, -0.15) is 0 Å². The van der Waals surface area contributed by atoms with Crippen molar-refractivity contribution in [3.63, 3.8) is 0 Å². The van der Waals surface area contributed by atoms with E-state index in [1.165, 1.54) is 48.5 Å². The van der Waals surface area contributed by atoms with Crippen molar-refractivity contribution >= 4 is 45.0 Å². The molecule has 0 bridgehead atoms. The summed E-state index contributed by atoms with van der Waals surface area (Å²) in [5.74, 6) is -3.18. The Morgan fingerprint density at radius 1 is 1.03 bits per heavy atom. The monoisotopic (exact) mass is 488 g/mol. The Kier molecular flexibility index (Phi) is 6.00. The summed E-state index contributed by atoms with van der Waals surface area (Å²) in [4.78, 5) is 23.2. The molecule has 0 saturated carbocycles. The maximum atomic E-state index is 13.9. The number of sulfone groups is 1. The van der Waals surface area contributed by atoms with Crippen LogP contribution in [0.25, 0.3) is 6.08 Å². The third-order valence-corrected chi connectivity index (χ3v) is 7.52. The lowest BCUT2D eigenvalue weighted by molar-refractivity contribution is -0.384. The average molecular weight is 488 g/mol. The molecule has 1 amide bonds. The van der Waals surface area contributed by atoms with Crippen LogP contribution < -0.4 is 5.32 Å². The molecule has 1 aliphatic heterocycles. The number of amides is 1. The van der Waals surface area contributed by atoms with Gasteiger partial charge in [0.25, 0.3) is 11.6 Å². The van der Waals surface area contributed by atoms with Crippen LogP contribution in [-0.4, -0.2) is 19.2 Å². The number of carbonyl (C=O) groups excluding carboxylic acids is 1. The number of nitro benzene ring substituents is 1. The molecule has 0 atom stereocenters. The molecule has 0 spiro atoms. The number of rotatable bonds is 5. The molecule has 1 aliphatic rings. The lowest BCUT2D eigenvalue weighted by Gasteiger charge is -2.19. The largest absolute Gasteiger partial charge is 0.320 e. The van der Waals surface area contributed by atoms with E-state index in [2.05, 4.69) is 5.32 Å². The van der Waals surface area contributed by atoms with Crippen molar-refractivity contribution in [1.29, 1.82) is 0 Å². The van der Waals surface area contributed by atoms with Crippen molar-refractivity contribution in [3.05, 3.63) is 98.4 Å². The van der Waals surface area contributed by atoms with Crippen molar-refractivity contribution < 1.29 is 26.9 Å². The van der Waals surface area contributed by atoms with Gasteiger partial charge in [0.2, 0.25) is 0 Å². The van der Waals surface area contributed by atoms with Crippen LogP contribution in [0.5, 0.6) is 0 Å². The molecule has 1 N–H and O–H groups in total. The van der Waals surface area contributed by atoms with Gasteiger partial charge in [0.05, 0.1) is 26.2 Å². The Hall–Kier alpha value is -3.57. The highest BCUT2D eigenvalue weighted by Crippen LogP contribution is 2.40. The van der Waals surface area contributed by atoms with Crippen LogP contribution in [0.15, 0.2) is 75.4 Å². The van der Waals surface area contributed by atoms with E-state index < -0.39 is 43.6 Å². The highest BCUT2D eigenvalue weighted by molar-refractivity contribution is 8.04. The highest BCUT2D eigenvalue weighted by atomic mass is 32.2. The van der Waals surface area contributed by atoms with E-state index in [4.69, 9.17) is 0 Å². The van der Waals surface area contributed by atoms with E-state index in [1.54, 1.807) is 0 Å². The first-order valence-corrected chi connectivity index (χ1v) is 11.9. The fourth-order valence-corrected chi connectivity index (χ4v) is 5.58. The molecule has 33 heavy (non-hydrogen) atoms. The van der Waals surface area contributed by atoms with E-state index in [0.29, 0.717) is 16.1 Å². The Morgan fingerprint density at radius 3 is 2.33 bits per heavy atom. The number of benzene rings is 3. The Balaban J connectivity index is 1.63. The summed E-state index contributed by atoms with van der Waals surface area (Å²) < 4.78 is 53.5. The Bertz CT molecular complexity index is 1400. The van der Waals surface area contributed by atoms with Crippen LogP contribution in [0.1, 0.15) is 11.1 Å². The van der Waals surface area contributed by atoms with E-state index in [9.17, 15) is 32.1 Å². The maximum Gasteiger partial charge on any atom is 0.269 e. The molecule has 4 rings (SSSR count). The molecule has 0 aliphatic carbocycles. The molecule has 3 aromatic rings. The lowest BCUT2D eigenvalue weighted by atomic mass is 10.2. The molecule has 7 nitrogen and oxygen atoms in total. The standard InChI is InChI=1S/C22H14F2N2O5S2/c23-17-2-1-3-18(24)16(17)12-33(30,31)15-8-9-19-20(11-15)32-21(22(27)25-19)10-13-4-6-14(7-5-13)26(28)29/h1-11H,12H2,(H,25,27)/b21-10-. The number of thioether (sulfide) groups is 1. The second-order valence-electron chi connectivity index (χ2n) is 7.03. The van der Waals surface area contributed by atoms with Gasteiger partial charge in [-0.15, -0.1) is 0 Å². The first kappa shape index (κ1) is 22.6. The zero-order chi connectivity index (χ0) is 23.8. The van der Waals surface area contributed by atoms with Gasteiger partial charge >= 0.3 is 0 Å². The predicted molar refractivity (Wildman–Crippen MR) is 119 cm³/mol. The van der Waals surface area contributed by atoms with Gasteiger partial charge in [-0.05, 0) is 54.1 Å². The smallest absolute Gasteiger partial charge is 0.269 e. The number of halogens is 2. The number of carbonyl (C=O) groups is 1. The number of hydrogen-bond donors (Lipinski definition) is 1. The summed E-state index contributed by atoms with van der Waals surface area (Å²) in [5, 5.41) is 13.4. The van der Waals surface area contributed by atoms with E-state index in [0.717, 1.165) is 30.0 Å². The molecule has 168 valence electrons. The summed E-state index contributed by atoms with van der Waals surface area (Å²) in [6.45, 7) is 0. The molecular weight excluding hydrogens is 474 g/mol. The van der Waals surface area contributed by atoms with Crippen molar-refractivity contribution in [1.82, 2.24) is 0 Å². The summed E-state index contributed by atoms with van der Waals surface area (Å²) in [6, 6.07) is 12.7. The van der Waals surface area contributed by atoms with Crippen LogP contribution in [0.3, 0.4) is 0 Å². The molecule has 0 aromatic heterocycles. The molecule has 0 saturated heterocycles. The van der Waals surface area contributed by atoms with Gasteiger partial charge in [-0.25, -0.2) is 17.2 Å². The topological polar surface area (TPSA) is 106 Å². The SMILES string of the molecule is O=C1Nc2ccc(S(=O)(=O)Cc3c(F)cccc3F)cc2S/C1=C\c1ccc([N+](=O)[O-])cc1. The van der Waals surface area contributed by atoms with E-state index in [1.807, 2.05) is 0 Å². The zero-order valence-electron chi connectivity index (χ0n) is 16.6. The van der Waals surface area contributed by atoms with Crippen molar-refractivity contribution in [2.24, 2.45) is 0 Å². The number of nitro groups is 1. The highest BCUT2D eigenvalue weighted by Gasteiger charge is 2.25. The van der Waals surface area contributed by atoms with Gasteiger partial charge in [-0.3, -0.25) is 14.9 Å². The zero-order valence-corrected chi connectivity index (χ0v) is 18.3. The third-order valence-electron chi connectivity index (χ3n) is 4.80. The van der Waals surface area contributed by atoms with E-state index in [-0.39, 0.29) is 15.5 Å². The second-order valence-corrected chi connectivity index (χ2v) is 10.1. The minimum absolute atomic E-state index is 0.0932. The molecule has 0 radical (unpaired) electrons. The lowest BCUT2D eigenvalue weighted by Crippen LogP contribution is -2.18. The average Bonchev–Trinajstić information content (AvgIpc) is 2.77. The first-order chi connectivity index (χ1) is 15.6. The molecule has 1 heterocycles. The van der Waals surface area contributed by atoms with Crippen molar-refractivity contribution in [3.8, 4) is 0 Å². The van der Waals surface area contributed by atoms with Crippen LogP contribution in [0.4, 0.5) is 20.2 Å². The first-order valence-electron chi connectivity index (χ1n) is 9.39. The molecule has 0 unspecified atom stereocenters. The van der Waals surface area contributed by atoms with Crippen LogP contribution in [-0.2, 0) is 20.4 Å². The number of nitrogens with one attached hydrogen (secondary N) is 1. The summed E-state index contributed by atoms with van der Waals surface area (Å²) >= 11 is 1.02. The van der Waals surface area contributed by atoms with Gasteiger partial charge in [0.15, 0.2) is 9.84 Å². The number of nitrogens with zero attached hydrogens (tertiary/aromatic N) is 1. The van der Waals surface area contributed by atoms with Gasteiger partial charge < -0.3 is 5.32 Å². The van der Waals surface area contributed by atoms with E-state index >= 15 is 0 Å². The number of fused-ring (bicyclic) bond motifs is 1. The fourth-order valence-electron chi connectivity index (χ4n) is 3.11. The number of anilines is 1. The molecule has 0 fully saturated rings. The quantitative estimate of drug-likeness (QED) is 0.310. The van der Waals surface area contributed by atoms with Crippen LogP contribution in [0.2, 0.25) is 0 Å². The van der Waals surface area contributed by atoms with Crippen molar-refractivity contribution in [2.75, 3.05) is 5.32 Å². The second kappa shape index (κ2) is 8.75. The maximum absolute atomic E-state index is 13.9. The van der Waals surface area contributed by atoms with Crippen molar-refractivity contribution in [2.45, 2.75) is 15.5 Å². The Labute approximate surface area is 191 Å². The summed E-state index contributed by atoms with van der Waals surface area (Å²) in [7, 11) is -4.08.